The average molecular weight is 324 g/mol. The number of hydrogen-bond acceptors (Lipinski definition) is 1. The van der Waals surface area contributed by atoms with Crippen molar-refractivity contribution in [3.05, 3.63) is 59.2 Å². The van der Waals surface area contributed by atoms with Crippen LogP contribution in [0.15, 0.2) is 42.5 Å². The molecule has 23 heavy (non-hydrogen) atoms. The van der Waals surface area contributed by atoms with Crippen molar-refractivity contribution in [1.29, 1.82) is 0 Å². The lowest BCUT2D eigenvalue weighted by atomic mass is 9.99. The van der Waals surface area contributed by atoms with Crippen molar-refractivity contribution in [3.8, 4) is 0 Å². The van der Waals surface area contributed by atoms with Gasteiger partial charge in [-0.05, 0) is 84.8 Å². The summed E-state index contributed by atoms with van der Waals surface area (Å²) in [5, 5.41) is 7.19. The monoisotopic (exact) mass is 324 g/mol. The van der Waals surface area contributed by atoms with Gasteiger partial charge >= 0.3 is 0 Å². The van der Waals surface area contributed by atoms with Crippen LogP contribution in [0.2, 0.25) is 0 Å². The second-order valence-electron chi connectivity index (χ2n) is 6.35. The highest BCUT2D eigenvalue weighted by molar-refractivity contribution is 7.80. The van der Waals surface area contributed by atoms with Crippen molar-refractivity contribution in [3.63, 3.8) is 0 Å². The molecule has 1 atom stereocenters. The molecule has 2 N–H and O–H groups in total. The number of anilines is 2. The van der Waals surface area contributed by atoms with E-state index < -0.39 is 0 Å². The predicted octanol–water partition coefficient (Wildman–Crippen LogP) is 5.50. The summed E-state index contributed by atoms with van der Waals surface area (Å²) in [6, 6.07) is 15.1. The number of hydrogen-bond donors (Lipinski definition) is 2. The van der Waals surface area contributed by atoms with E-state index in [-0.39, 0.29) is 0 Å². The van der Waals surface area contributed by atoms with Crippen LogP contribution in [-0.4, -0.2) is 5.11 Å². The van der Waals surface area contributed by atoms with Crippen LogP contribution in [0.4, 0.5) is 11.4 Å². The van der Waals surface area contributed by atoms with Crippen LogP contribution in [0.3, 0.4) is 0 Å². The molecule has 3 rings (SSSR count). The highest BCUT2D eigenvalue weighted by atomic mass is 32.1. The van der Waals surface area contributed by atoms with Crippen molar-refractivity contribution in [2.75, 3.05) is 10.6 Å². The fourth-order valence-electron chi connectivity index (χ4n) is 3.07. The molecule has 0 amide bonds. The van der Waals surface area contributed by atoms with E-state index in [2.05, 4.69) is 66.9 Å². The molecular weight excluding hydrogens is 300 g/mol. The van der Waals surface area contributed by atoms with Crippen molar-refractivity contribution in [2.45, 2.75) is 45.4 Å². The summed E-state index contributed by atoms with van der Waals surface area (Å²) in [5.74, 6) is 0.598. The van der Waals surface area contributed by atoms with Crippen molar-refractivity contribution in [2.24, 2.45) is 0 Å². The van der Waals surface area contributed by atoms with Gasteiger partial charge in [0.05, 0.1) is 0 Å². The van der Waals surface area contributed by atoms with E-state index in [9.17, 15) is 0 Å². The third kappa shape index (κ3) is 3.91. The molecule has 0 bridgehead atoms. The minimum absolute atomic E-state index is 0.598. The average Bonchev–Trinajstić information content (AvgIpc) is 3.02. The molecule has 0 saturated heterocycles. The lowest BCUT2D eigenvalue weighted by Crippen LogP contribution is -2.19. The standard InChI is InChI=1S/C20H24N2S/c1-3-14(2)15-7-10-18(11-8-15)21-20(23)22-19-12-9-16-5-4-6-17(16)13-19/h7-14H,3-6H2,1-2H3,(H2,21,22,23). The number of rotatable bonds is 4. The van der Waals surface area contributed by atoms with E-state index in [1.807, 2.05) is 0 Å². The minimum atomic E-state index is 0.598. The molecule has 1 unspecified atom stereocenters. The first-order valence-corrected chi connectivity index (χ1v) is 8.86. The molecule has 1 aliphatic carbocycles. The highest BCUT2D eigenvalue weighted by Gasteiger charge is 2.11. The Morgan fingerprint density at radius 3 is 2.39 bits per heavy atom. The number of benzene rings is 2. The quantitative estimate of drug-likeness (QED) is 0.726. The van der Waals surface area contributed by atoms with Crippen LogP contribution in [0.5, 0.6) is 0 Å². The normalized spacial score (nSPS) is 14.2. The summed E-state index contributed by atoms with van der Waals surface area (Å²) in [5.41, 5.74) is 6.40. The molecular formula is C20H24N2S. The van der Waals surface area contributed by atoms with Gasteiger partial charge in [-0.25, -0.2) is 0 Å². The smallest absolute Gasteiger partial charge is 0.175 e. The molecule has 3 heteroatoms. The molecule has 1 aliphatic rings. The second kappa shape index (κ2) is 7.14. The molecule has 0 saturated carbocycles. The van der Waals surface area contributed by atoms with E-state index in [4.69, 9.17) is 12.2 Å². The van der Waals surface area contributed by atoms with Gasteiger partial charge in [0.1, 0.15) is 0 Å². The van der Waals surface area contributed by atoms with Gasteiger partial charge in [-0.3, -0.25) is 0 Å². The second-order valence-corrected chi connectivity index (χ2v) is 6.76. The van der Waals surface area contributed by atoms with Crippen LogP contribution >= 0.6 is 12.2 Å². The molecule has 0 fully saturated rings. The van der Waals surface area contributed by atoms with E-state index >= 15 is 0 Å². The Balaban J connectivity index is 1.61. The summed E-state index contributed by atoms with van der Waals surface area (Å²) < 4.78 is 0. The SMILES string of the molecule is CCC(C)c1ccc(NC(=S)Nc2ccc3c(c2)CCC3)cc1. The highest BCUT2D eigenvalue weighted by Crippen LogP contribution is 2.25. The summed E-state index contributed by atoms with van der Waals surface area (Å²) in [6.07, 6.45) is 4.82. The predicted molar refractivity (Wildman–Crippen MR) is 103 cm³/mol. The lowest BCUT2D eigenvalue weighted by molar-refractivity contribution is 0.734. The van der Waals surface area contributed by atoms with Crippen LogP contribution in [0.1, 0.15) is 49.3 Å². The first-order chi connectivity index (χ1) is 11.2. The fraction of sp³-hybridized carbons (Fsp3) is 0.350. The molecule has 0 aromatic heterocycles. The Labute approximate surface area is 144 Å². The molecule has 0 radical (unpaired) electrons. The zero-order chi connectivity index (χ0) is 16.2. The number of nitrogens with one attached hydrogen (secondary N) is 2. The van der Waals surface area contributed by atoms with Gasteiger partial charge in [0.15, 0.2) is 5.11 Å². The van der Waals surface area contributed by atoms with E-state index in [1.54, 1.807) is 0 Å². The topological polar surface area (TPSA) is 24.1 Å². The first kappa shape index (κ1) is 16.0. The van der Waals surface area contributed by atoms with Gasteiger partial charge in [-0.1, -0.05) is 32.0 Å². The zero-order valence-electron chi connectivity index (χ0n) is 13.9. The van der Waals surface area contributed by atoms with Crippen LogP contribution < -0.4 is 10.6 Å². The molecule has 2 aromatic carbocycles. The van der Waals surface area contributed by atoms with Crippen LogP contribution in [0, 0.1) is 0 Å². The summed E-state index contributed by atoms with van der Waals surface area (Å²) in [6.45, 7) is 4.47. The molecule has 0 heterocycles. The Bertz CT molecular complexity index is 691. The maximum atomic E-state index is 5.43. The van der Waals surface area contributed by atoms with Gasteiger partial charge in [-0.15, -0.1) is 0 Å². The molecule has 0 aliphatic heterocycles. The lowest BCUT2D eigenvalue weighted by Gasteiger charge is -2.13. The van der Waals surface area contributed by atoms with Gasteiger partial charge in [0, 0.05) is 11.4 Å². The largest absolute Gasteiger partial charge is 0.332 e. The molecule has 2 nitrogen and oxygen atoms in total. The third-order valence-electron chi connectivity index (χ3n) is 4.71. The summed E-state index contributed by atoms with van der Waals surface area (Å²) in [7, 11) is 0. The Kier molecular flexibility index (Phi) is 4.97. The van der Waals surface area contributed by atoms with E-state index in [1.165, 1.54) is 36.0 Å². The number of fused-ring (bicyclic) bond motifs is 1. The van der Waals surface area contributed by atoms with Gasteiger partial charge in [0.25, 0.3) is 0 Å². The maximum absolute atomic E-state index is 5.43. The third-order valence-corrected chi connectivity index (χ3v) is 4.91. The Morgan fingerprint density at radius 2 is 1.65 bits per heavy atom. The van der Waals surface area contributed by atoms with Gasteiger partial charge in [-0.2, -0.15) is 0 Å². The maximum Gasteiger partial charge on any atom is 0.175 e. The van der Waals surface area contributed by atoms with Crippen molar-refractivity contribution >= 4 is 28.7 Å². The minimum Gasteiger partial charge on any atom is -0.332 e. The summed E-state index contributed by atoms with van der Waals surface area (Å²) in [4.78, 5) is 0. The van der Waals surface area contributed by atoms with E-state index in [0.29, 0.717) is 11.0 Å². The Morgan fingerprint density at radius 1 is 1.00 bits per heavy atom. The van der Waals surface area contributed by atoms with Crippen molar-refractivity contribution in [1.82, 2.24) is 0 Å². The number of thiocarbonyl (C=S) groups is 1. The van der Waals surface area contributed by atoms with Gasteiger partial charge < -0.3 is 10.6 Å². The van der Waals surface area contributed by atoms with Crippen molar-refractivity contribution < 1.29 is 0 Å². The zero-order valence-corrected chi connectivity index (χ0v) is 14.7. The molecule has 0 spiro atoms. The van der Waals surface area contributed by atoms with Crippen LogP contribution in [0.25, 0.3) is 0 Å². The summed E-state index contributed by atoms with van der Waals surface area (Å²) >= 11 is 5.43. The molecule has 120 valence electrons. The molecule has 2 aromatic rings. The first-order valence-electron chi connectivity index (χ1n) is 8.45. The van der Waals surface area contributed by atoms with Gasteiger partial charge in [0.2, 0.25) is 0 Å². The fourth-order valence-corrected chi connectivity index (χ4v) is 3.31. The van der Waals surface area contributed by atoms with E-state index in [0.717, 1.165) is 17.8 Å². The van der Waals surface area contributed by atoms with Crippen LogP contribution in [-0.2, 0) is 12.8 Å². The Hall–Kier alpha value is -1.87. The number of aryl methyl sites for hydroxylation is 2.